The van der Waals surface area contributed by atoms with E-state index in [9.17, 15) is 4.79 Å². The van der Waals surface area contributed by atoms with Gasteiger partial charge in [-0.15, -0.1) is 0 Å². The number of hydrogen-bond donors (Lipinski definition) is 1. The van der Waals surface area contributed by atoms with Gasteiger partial charge in [0, 0.05) is 25.4 Å². The molecular formula is C13H20N2O3. The molecule has 1 amide bonds. The second-order valence-electron chi connectivity index (χ2n) is 4.23. The van der Waals surface area contributed by atoms with E-state index in [0.717, 1.165) is 5.56 Å². The Kier molecular flexibility index (Phi) is 5.58. The molecule has 0 saturated heterocycles. The smallest absolute Gasteiger partial charge is 0.249 e. The van der Waals surface area contributed by atoms with Crippen molar-refractivity contribution in [3.05, 3.63) is 23.9 Å². The van der Waals surface area contributed by atoms with Crippen molar-refractivity contribution in [3.63, 3.8) is 0 Å². The van der Waals surface area contributed by atoms with E-state index in [-0.39, 0.29) is 12.0 Å². The summed E-state index contributed by atoms with van der Waals surface area (Å²) in [6, 6.07) is 3.69. The lowest BCUT2D eigenvalue weighted by Gasteiger charge is -2.14. The summed E-state index contributed by atoms with van der Waals surface area (Å²) in [4.78, 5) is 15.7. The molecule has 0 aliphatic carbocycles. The van der Waals surface area contributed by atoms with Gasteiger partial charge in [0.2, 0.25) is 11.8 Å². The highest BCUT2D eigenvalue weighted by molar-refractivity contribution is 5.80. The van der Waals surface area contributed by atoms with Crippen molar-refractivity contribution in [3.8, 4) is 5.88 Å². The Morgan fingerprint density at radius 1 is 1.44 bits per heavy atom. The van der Waals surface area contributed by atoms with Gasteiger partial charge in [-0.05, 0) is 26.8 Å². The summed E-state index contributed by atoms with van der Waals surface area (Å²) in [7, 11) is 1.50. The zero-order valence-corrected chi connectivity index (χ0v) is 11.3. The van der Waals surface area contributed by atoms with E-state index in [0.29, 0.717) is 12.4 Å². The average molecular weight is 252 g/mol. The average Bonchev–Trinajstić information content (AvgIpc) is 2.35. The molecule has 100 valence electrons. The minimum Gasteiger partial charge on any atom is -0.475 e. The summed E-state index contributed by atoms with van der Waals surface area (Å²) >= 11 is 0. The zero-order chi connectivity index (χ0) is 13.5. The summed E-state index contributed by atoms with van der Waals surface area (Å²) in [5, 5.41) is 2.78. The number of methoxy groups -OCH3 is 1. The topological polar surface area (TPSA) is 60.5 Å². The summed E-state index contributed by atoms with van der Waals surface area (Å²) in [5.74, 6) is 0.398. The molecule has 0 aromatic carbocycles. The fourth-order valence-corrected chi connectivity index (χ4v) is 1.32. The minimum atomic E-state index is -0.462. The molecule has 5 heteroatoms. The van der Waals surface area contributed by atoms with Gasteiger partial charge in [-0.25, -0.2) is 4.98 Å². The highest BCUT2D eigenvalue weighted by Crippen LogP contribution is 2.15. The number of carbonyl (C=O) groups excluding carboxylic acids is 1. The Bertz CT molecular complexity index is 394. The molecule has 0 aliphatic heterocycles. The SMILES string of the molecule is COC(C)C(=O)NCc1cccnc1OC(C)C. The number of aromatic nitrogens is 1. The molecule has 1 unspecified atom stereocenters. The van der Waals surface area contributed by atoms with Crippen molar-refractivity contribution in [1.29, 1.82) is 0 Å². The molecule has 5 nitrogen and oxygen atoms in total. The highest BCUT2D eigenvalue weighted by Gasteiger charge is 2.12. The molecule has 1 N–H and O–H groups in total. The Morgan fingerprint density at radius 2 is 2.17 bits per heavy atom. The summed E-state index contributed by atoms with van der Waals surface area (Å²) in [6.07, 6.45) is 1.25. The van der Waals surface area contributed by atoms with Crippen molar-refractivity contribution in [2.24, 2.45) is 0 Å². The van der Waals surface area contributed by atoms with Crippen LogP contribution in [0.15, 0.2) is 18.3 Å². The van der Waals surface area contributed by atoms with Crippen molar-refractivity contribution in [1.82, 2.24) is 10.3 Å². The van der Waals surface area contributed by atoms with Gasteiger partial charge in [0.25, 0.3) is 0 Å². The molecule has 0 bridgehead atoms. The lowest BCUT2D eigenvalue weighted by atomic mass is 10.2. The van der Waals surface area contributed by atoms with Gasteiger partial charge in [0.15, 0.2) is 0 Å². The first kappa shape index (κ1) is 14.4. The minimum absolute atomic E-state index is 0.0484. The summed E-state index contributed by atoms with van der Waals surface area (Å²) < 4.78 is 10.5. The van der Waals surface area contributed by atoms with Gasteiger partial charge in [-0.2, -0.15) is 0 Å². The van der Waals surface area contributed by atoms with Crippen LogP contribution in [0.3, 0.4) is 0 Å². The number of nitrogens with zero attached hydrogens (tertiary/aromatic N) is 1. The third kappa shape index (κ3) is 4.33. The molecule has 0 saturated carbocycles. The van der Waals surface area contributed by atoms with Gasteiger partial charge in [-0.1, -0.05) is 6.07 Å². The first-order valence-electron chi connectivity index (χ1n) is 5.95. The maximum Gasteiger partial charge on any atom is 0.249 e. The van der Waals surface area contributed by atoms with E-state index in [1.165, 1.54) is 7.11 Å². The van der Waals surface area contributed by atoms with Crippen LogP contribution in [0.25, 0.3) is 0 Å². The van der Waals surface area contributed by atoms with Gasteiger partial charge in [-0.3, -0.25) is 4.79 Å². The standard InChI is InChI=1S/C13H20N2O3/c1-9(2)18-13-11(6-5-7-14-13)8-15-12(16)10(3)17-4/h5-7,9-10H,8H2,1-4H3,(H,15,16). The van der Waals surface area contributed by atoms with Crippen LogP contribution in [0.1, 0.15) is 26.3 Å². The zero-order valence-electron chi connectivity index (χ0n) is 11.3. The molecule has 1 heterocycles. The van der Waals surface area contributed by atoms with Crippen LogP contribution in [0.4, 0.5) is 0 Å². The van der Waals surface area contributed by atoms with Crippen molar-refractivity contribution in [2.45, 2.75) is 39.5 Å². The molecule has 0 radical (unpaired) electrons. The molecule has 18 heavy (non-hydrogen) atoms. The Morgan fingerprint density at radius 3 is 2.78 bits per heavy atom. The number of pyridine rings is 1. The summed E-state index contributed by atoms with van der Waals surface area (Å²) in [6.45, 7) is 5.95. The fraction of sp³-hybridized carbons (Fsp3) is 0.538. The van der Waals surface area contributed by atoms with Crippen molar-refractivity contribution in [2.75, 3.05) is 7.11 Å². The van der Waals surface area contributed by atoms with Crippen LogP contribution < -0.4 is 10.1 Å². The Labute approximate surface area is 108 Å². The maximum absolute atomic E-state index is 11.6. The van der Waals surface area contributed by atoms with Crippen LogP contribution >= 0.6 is 0 Å². The van der Waals surface area contributed by atoms with Gasteiger partial charge < -0.3 is 14.8 Å². The largest absolute Gasteiger partial charge is 0.475 e. The number of carbonyl (C=O) groups is 1. The van der Waals surface area contributed by atoms with Crippen LogP contribution in [0, 0.1) is 0 Å². The number of nitrogens with one attached hydrogen (secondary N) is 1. The van der Waals surface area contributed by atoms with E-state index in [1.54, 1.807) is 13.1 Å². The molecule has 0 fully saturated rings. The normalized spacial score (nSPS) is 12.3. The molecule has 1 aromatic heterocycles. The molecule has 0 spiro atoms. The van der Waals surface area contributed by atoms with E-state index in [1.807, 2.05) is 26.0 Å². The number of amides is 1. The predicted molar refractivity (Wildman–Crippen MR) is 68.3 cm³/mol. The molecule has 1 rings (SSSR count). The second-order valence-corrected chi connectivity index (χ2v) is 4.23. The van der Waals surface area contributed by atoms with Crippen LogP contribution in [0.5, 0.6) is 5.88 Å². The van der Waals surface area contributed by atoms with Crippen LogP contribution in [0.2, 0.25) is 0 Å². The summed E-state index contributed by atoms with van der Waals surface area (Å²) in [5.41, 5.74) is 0.850. The number of rotatable bonds is 6. The molecule has 1 aromatic rings. The third-order valence-corrected chi connectivity index (χ3v) is 2.37. The Hall–Kier alpha value is -1.62. The molecule has 1 atom stereocenters. The van der Waals surface area contributed by atoms with Crippen molar-refractivity contribution < 1.29 is 14.3 Å². The highest BCUT2D eigenvalue weighted by atomic mass is 16.5. The first-order valence-corrected chi connectivity index (χ1v) is 5.95. The van der Waals surface area contributed by atoms with Gasteiger partial charge >= 0.3 is 0 Å². The first-order chi connectivity index (χ1) is 8.54. The monoisotopic (exact) mass is 252 g/mol. The number of hydrogen-bond acceptors (Lipinski definition) is 4. The van der Waals surface area contributed by atoms with E-state index >= 15 is 0 Å². The number of ether oxygens (including phenoxy) is 2. The predicted octanol–water partition coefficient (Wildman–Crippen LogP) is 1.52. The van der Waals surface area contributed by atoms with E-state index in [4.69, 9.17) is 9.47 Å². The van der Waals surface area contributed by atoms with E-state index in [2.05, 4.69) is 10.3 Å². The van der Waals surface area contributed by atoms with Crippen LogP contribution in [-0.2, 0) is 16.1 Å². The maximum atomic E-state index is 11.6. The quantitative estimate of drug-likeness (QED) is 0.834. The van der Waals surface area contributed by atoms with E-state index < -0.39 is 6.10 Å². The second kappa shape index (κ2) is 6.96. The molecule has 0 aliphatic rings. The third-order valence-electron chi connectivity index (χ3n) is 2.37. The van der Waals surface area contributed by atoms with Crippen LogP contribution in [-0.4, -0.2) is 30.2 Å². The van der Waals surface area contributed by atoms with Gasteiger partial charge in [0.05, 0.1) is 6.10 Å². The fourth-order valence-electron chi connectivity index (χ4n) is 1.32. The lowest BCUT2D eigenvalue weighted by molar-refractivity contribution is -0.130. The Balaban J connectivity index is 2.64. The van der Waals surface area contributed by atoms with Crippen molar-refractivity contribution >= 4 is 5.91 Å². The molecular weight excluding hydrogens is 232 g/mol. The lowest BCUT2D eigenvalue weighted by Crippen LogP contribution is -2.33. The van der Waals surface area contributed by atoms with Gasteiger partial charge in [0.1, 0.15) is 6.10 Å².